The van der Waals surface area contributed by atoms with Crippen LogP contribution in [0.5, 0.6) is 0 Å². The Morgan fingerprint density at radius 2 is 2.06 bits per heavy atom. The van der Waals surface area contributed by atoms with E-state index >= 15 is 0 Å². The molecule has 0 amide bonds. The summed E-state index contributed by atoms with van der Waals surface area (Å²) < 4.78 is 2.17. The molecule has 4 heteroatoms. The number of nitrogens with zero attached hydrogens (tertiary/aromatic N) is 3. The summed E-state index contributed by atoms with van der Waals surface area (Å²) in [5.74, 6) is 0. The normalized spacial score (nSPS) is 11.4. The molecule has 1 N–H and O–H groups in total. The monoisotopic (exact) mass is 252 g/mol. The van der Waals surface area contributed by atoms with E-state index in [1.54, 1.807) is 0 Å². The third kappa shape index (κ3) is 4.78. The Morgan fingerprint density at radius 3 is 2.67 bits per heavy atom. The van der Waals surface area contributed by atoms with Crippen molar-refractivity contribution in [3.05, 3.63) is 17.5 Å². The van der Waals surface area contributed by atoms with E-state index in [9.17, 15) is 0 Å². The molecule has 0 aliphatic heterocycles. The molecule has 0 spiro atoms. The third-order valence-electron chi connectivity index (χ3n) is 3.02. The highest BCUT2D eigenvalue weighted by Crippen LogP contribution is 2.11. The quantitative estimate of drug-likeness (QED) is 0.681. The van der Waals surface area contributed by atoms with Crippen molar-refractivity contribution < 1.29 is 0 Å². The molecule has 104 valence electrons. The molecule has 0 saturated heterocycles. The van der Waals surface area contributed by atoms with Crippen LogP contribution < -0.4 is 5.32 Å². The number of hydrogen-bond donors (Lipinski definition) is 1. The highest BCUT2D eigenvalue weighted by molar-refractivity contribution is 5.18. The standard InChI is InChI=1S/C14H28N4/c1-5-7-14-13(11-15-8-6-2)12-16-18(14)10-9-17(3)4/h12,15H,5-11H2,1-4H3. The zero-order valence-corrected chi connectivity index (χ0v) is 12.4. The second kappa shape index (κ2) is 8.27. The first-order valence-corrected chi connectivity index (χ1v) is 7.08. The molecule has 0 aromatic carbocycles. The first-order chi connectivity index (χ1) is 8.69. The maximum Gasteiger partial charge on any atom is 0.0539 e. The molecule has 1 heterocycles. The molecule has 0 fully saturated rings. The first kappa shape index (κ1) is 15.2. The van der Waals surface area contributed by atoms with Crippen molar-refractivity contribution in [2.75, 3.05) is 27.2 Å². The summed E-state index contributed by atoms with van der Waals surface area (Å²) in [6, 6.07) is 0. The number of rotatable bonds is 9. The molecule has 1 rings (SSSR count). The van der Waals surface area contributed by atoms with E-state index in [1.807, 2.05) is 6.20 Å². The Kier molecular flexibility index (Phi) is 6.98. The fourth-order valence-corrected chi connectivity index (χ4v) is 2.01. The van der Waals surface area contributed by atoms with E-state index in [0.29, 0.717) is 0 Å². The van der Waals surface area contributed by atoms with Gasteiger partial charge in [0, 0.05) is 24.3 Å². The average molecular weight is 252 g/mol. The molecule has 1 aromatic rings. The van der Waals surface area contributed by atoms with E-state index in [4.69, 9.17) is 0 Å². The Morgan fingerprint density at radius 1 is 1.28 bits per heavy atom. The Bertz CT molecular complexity index is 331. The first-order valence-electron chi connectivity index (χ1n) is 7.08. The lowest BCUT2D eigenvalue weighted by Crippen LogP contribution is -2.21. The van der Waals surface area contributed by atoms with Gasteiger partial charge in [0.1, 0.15) is 0 Å². The lowest BCUT2D eigenvalue weighted by molar-refractivity contribution is 0.369. The predicted molar refractivity (Wildman–Crippen MR) is 76.8 cm³/mol. The van der Waals surface area contributed by atoms with Crippen LogP contribution in [0.1, 0.15) is 37.9 Å². The Balaban J connectivity index is 2.65. The van der Waals surface area contributed by atoms with Crippen molar-refractivity contribution >= 4 is 0 Å². The van der Waals surface area contributed by atoms with Gasteiger partial charge in [-0.3, -0.25) is 4.68 Å². The Hall–Kier alpha value is -0.870. The van der Waals surface area contributed by atoms with Crippen LogP contribution in [0.15, 0.2) is 6.20 Å². The molecular weight excluding hydrogens is 224 g/mol. The molecule has 0 unspecified atom stereocenters. The zero-order valence-electron chi connectivity index (χ0n) is 12.4. The molecule has 0 bridgehead atoms. The summed E-state index contributed by atoms with van der Waals surface area (Å²) in [5.41, 5.74) is 2.77. The molecule has 0 saturated carbocycles. The van der Waals surface area contributed by atoms with Gasteiger partial charge in [-0.25, -0.2) is 0 Å². The maximum atomic E-state index is 4.54. The summed E-state index contributed by atoms with van der Waals surface area (Å²) >= 11 is 0. The lowest BCUT2D eigenvalue weighted by Gasteiger charge is -2.13. The molecule has 4 nitrogen and oxygen atoms in total. The molecule has 0 aliphatic rings. The SMILES string of the molecule is CCCNCc1cnn(CCN(C)C)c1CCC. The van der Waals surface area contributed by atoms with Crippen LogP contribution in [0.4, 0.5) is 0 Å². The van der Waals surface area contributed by atoms with Crippen LogP contribution in [-0.2, 0) is 19.5 Å². The summed E-state index contributed by atoms with van der Waals surface area (Å²) in [5, 5.41) is 8.00. The number of hydrogen-bond acceptors (Lipinski definition) is 3. The van der Waals surface area contributed by atoms with E-state index in [-0.39, 0.29) is 0 Å². The summed E-state index contributed by atoms with van der Waals surface area (Å²) in [7, 11) is 4.21. The molecule has 18 heavy (non-hydrogen) atoms. The van der Waals surface area contributed by atoms with Gasteiger partial charge in [0.25, 0.3) is 0 Å². The van der Waals surface area contributed by atoms with Gasteiger partial charge in [-0.2, -0.15) is 5.10 Å². The predicted octanol–water partition coefficient (Wildman–Crippen LogP) is 1.90. The highest BCUT2D eigenvalue weighted by atomic mass is 15.3. The van der Waals surface area contributed by atoms with Crippen LogP contribution in [-0.4, -0.2) is 41.9 Å². The maximum absolute atomic E-state index is 4.54. The van der Waals surface area contributed by atoms with Crippen molar-refractivity contribution in [3.8, 4) is 0 Å². The average Bonchev–Trinajstić information content (AvgIpc) is 2.71. The fourth-order valence-electron chi connectivity index (χ4n) is 2.01. The summed E-state index contributed by atoms with van der Waals surface area (Å²) in [4.78, 5) is 2.20. The second-order valence-electron chi connectivity index (χ2n) is 5.07. The van der Waals surface area contributed by atoms with Gasteiger partial charge in [-0.05, 0) is 33.5 Å². The van der Waals surface area contributed by atoms with Crippen LogP contribution in [0.25, 0.3) is 0 Å². The van der Waals surface area contributed by atoms with Gasteiger partial charge in [-0.15, -0.1) is 0 Å². The molecular formula is C14H28N4. The molecule has 0 atom stereocenters. The largest absolute Gasteiger partial charge is 0.313 e. The van der Waals surface area contributed by atoms with Gasteiger partial charge < -0.3 is 10.2 Å². The van der Waals surface area contributed by atoms with Crippen LogP contribution in [0.2, 0.25) is 0 Å². The second-order valence-corrected chi connectivity index (χ2v) is 5.07. The van der Waals surface area contributed by atoms with Crippen molar-refractivity contribution in [2.45, 2.75) is 46.2 Å². The van der Waals surface area contributed by atoms with Gasteiger partial charge in [0.05, 0.1) is 12.7 Å². The van der Waals surface area contributed by atoms with Crippen molar-refractivity contribution in [3.63, 3.8) is 0 Å². The lowest BCUT2D eigenvalue weighted by atomic mass is 10.1. The fraction of sp³-hybridized carbons (Fsp3) is 0.786. The van der Waals surface area contributed by atoms with Crippen molar-refractivity contribution in [2.24, 2.45) is 0 Å². The summed E-state index contributed by atoms with van der Waals surface area (Å²) in [6.45, 7) is 8.48. The van der Waals surface area contributed by atoms with Crippen LogP contribution >= 0.6 is 0 Å². The summed E-state index contributed by atoms with van der Waals surface area (Å²) in [6.07, 6.45) is 5.51. The minimum absolute atomic E-state index is 0.950. The van der Waals surface area contributed by atoms with Gasteiger partial charge >= 0.3 is 0 Å². The van der Waals surface area contributed by atoms with Gasteiger partial charge in [0.2, 0.25) is 0 Å². The Labute approximate surface area is 111 Å². The third-order valence-corrected chi connectivity index (χ3v) is 3.02. The van der Waals surface area contributed by atoms with Crippen LogP contribution in [0, 0.1) is 0 Å². The zero-order chi connectivity index (χ0) is 13.4. The van der Waals surface area contributed by atoms with Crippen LogP contribution in [0.3, 0.4) is 0 Å². The minimum Gasteiger partial charge on any atom is -0.313 e. The van der Waals surface area contributed by atoms with Crippen molar-refractivity contribution in [1.82, 2.24) is 20.0 Å². The van der Waals surface area contributed by atoms with E-state index in [0.717, 1.165) is 32.6 Å². The minimum atomic E-state index is 0.950. The topological polar surface area (TPSA) is 33.1 Å². The molecule has 1 aromatic heterocycles. The number of nitrogens with one attached hydrogen (secondary N) is 1. The number of likely N-dealkylation sites (N-methyl/N-ethyl adjacent to an activating group) is 1. The van der Waals surface area contributed by atoms with E-state index in [2.05, 4.69) is 47.9 Å². The van der Waals surface area contributed by atoms with E-state index < -0.39 is 0 Å². The smallest absolute Gasteiger partial charge is 0.0539 e. The highest BCUT2D eigenvalue weighted by Gasteiger charge is 2.09. The van der Waals surface area contributed by atoms with Gasteiger partial charge in [0.15, 0.2) is 0 Å². The molecule has 0 aliphatic carbocycles. The van der Waals surface area contributed by atoms with Gasteiger partial charge in [-0.1, -0.05) is 20.3 Å². The molecule has 0 radical (unpaired) electrons. The van der Waals surface area contributed by atoms with E-state index in [1.165, 1.54) is 24.1 Å². The number of aromatic nitrogens is 2. The van der Waals surface area contributed by atoms with Crippen molar-refractivity contribution in [1.29, 1.82) is 0 Å².